The van der Waals surface area contributed by atoms with E-state index in [4.69, 9.17) is 9.97 Å². The Morgan fingerprint density at radius 1 is 0.388 bits per heavy atom. The molecule has 9 aromatic rings. The Bertz CT molecular complexity index is 2660. The van der Waals surface area contributed by atoms with Crippen molar-refractivity contribution >= 4 is 32.6 Å². The zero-order chi connectivity index (χ0) is 32.4. The standard InChI is InChI=1S/C47H30N2/c1-4-14-31(15-5-1)41-28-26-32-24-25-33-27-29-42(49-46(33)45(32)48-41)39-30-34-16-10-11-21-37(34)44-43(39)38-22-12-13-23-40(38)47(44,35-17-6-2-7-18-35)36-19-8-3-9-20-36/h1-30H. The topological polar surface area (TPSA) is 25.8 Å². The maximum absolute atomic E-state index is 5.50. The summed E-state index contributed by atoms with van der Waals surface area (Å²) in [6.07, 6.45) is 0. The Morgan fingerprint density at radius 3 is 1.61 bits per heavy atom. The van der Waals surface area contributed by atoms with Crippen LogP contribution in [0.15, 0.2) is 182 Å². The summed E-state index contributed by atoms with van der Waals surface area (Å²) < 4.78 is 0. The molecule has 2 aromatic heterocycles. The van der Waals surface area contributed by atoms with Crippen LogP contribution in [0.2, 0.25) is 0 Å². The zero-order valence-corrected chi connectivity index (χ0v) is 26.7. The van der Waals surface area contributed by atoms with Gasteiger partial charge in [0.05, 0.1) is 27.8 Å². The molecule has 2 heteroatoms. The van der Waals surface area contributed by atoms with Gasteiger partial charge in [-0.05, 0) is 62.4 Å². The maximum Gasteiger partial charge on any atom is 0.0972 e. The minimum absolute atomic E-state index is 0.514. The first-order valence-electron chi connectivity index (χ1n) is 16.8. The maximum atomic E-state index is 5.50. The lowest BCUT2D eigenvalue weighted by atomic mass is 9.66. The van der Waals surface area contributed by atoms with Gasteiger partial charge >= 0.3 is 0 Å². The lowest BCUT2D eigenvalue weighted by Gasteiger charge is -2.34. The van der Waals surface area contributed by atoms with Gasteiger partial charge in [0, 0.05) is 21.9 Å². The van der Waals surface area contributed by atoms with Gasteiger partial charge < -0.3 is 0 Å². The van der Waals surface area contributed by atoms with Gasteiger partial charge in [-0.2, -0.15) is 0 Å². The number of hydrogen-bond donors (Lipinski definition) is 0. The molecule has 49 heavy (non-hydrogen) atoms. The van der Waals surface area contributed by atoms with Crippen LogP contribution < -0.4 is 0 Å². The van der Waals surface area contributed by atoms with Gasteiger partial charge in [-0.3, -0.25) is 0 Å². The summed E-state index contributed by atoms with van der Waals surface area (Å²) in [5.74, 6) is 0. The van der Waals surface area contributed by atoms with Crippen LogP contribution in [-0.2, 0) is 5.41 Å². The first-order chi connectivity index (χ1) is 24.3. The van der Waals surface area contributed by atoms with Gasteiger partial charge in [0.25, 0.3) is 0 Å². The SMILES string of the molecule is c1ccc(-c2ccc3ccc4ccc(-c5cc6ccccc6c6c5-c5ccccc5C6(c5ccccc5)c5ccccc5)nc4c3n2)cc1. The fraction of sp³-hybridized carbons (Fsp3) is 0.0213. The van der Waals surface area contributed by atoms with Gasteiger partial charge in [0.2, 0.25) is 0 Å². The fourth-order valence-electron chi connectivity index (χ4n) is 8.21. The van der Waals surface area contributed by atoms with Crippen LogP contribution in [0.5, 0.6) is 0 Å². The quantitative estimate of drug-likeness (QED) is 0.183. The van der Waals surface area contributed by atoms with Crippen LogP contribution in [-0.4, -0.2) is 9.97 Å². The predicted octanol–water partition coefficient (Wildman–Crippen LogP) is 11.6. The summed E-state index contributed by atoms with van der Waals surface area (Å²) >= 11 is 0. The molecule has 7 aromatic carbocycles. The van der Waals surface area contributed by atoms with E-state index in [9.17, 15) is 0 Å². The summed E-state index contributed by atoms with van der Waals surface area (Å²) in [7, 11) is 0. The second-order valence-corrected chi connectivity index (χ2v) is 12.9. The molecular formula is C47H30N2. The highest BCUT2D eigenvalue weighted by Crippen LogP contribution is 2.60. The number of nitrogens with zero attached hydrogens (tertiary/aromatic N) is 2. The normalized spacial score (nSPS) is 13.1. The predicted molar refractivity (Wildman–Crippen MR) is 203 cm³/mol. The highest BCUT2D eigenvalue weighted by molar-refractivity contribution is 6.08. The number of fused-ring (bicyclic) bond motifs is 8. The lowest BCUT2D eigenvalue weighted by molar-refractivity contribution is 0.775. The highest BCUT2D eigenvalue weighted by atomic mass is 14.8. The van der Waals surface area contributed by atoms with Crippen molar-refractivity contribution < 1.29 is 0 Å². The van der Waals surface area contributed by atoms with Crippen molar-refractivity contribution in [3.05, 3.63) is 204 Å². The Morgan fingerprint density at radius 2 is 0.918 bits per heavy atom. The molecule has 1 aliphatic carbocycles. The molecule has 0 unspecified atom stereocenters. The van der Waals surface area contributed by atoms with E-state index in [1.807, 2.05) is 6.07 Å². The van der Waals surface area contributed by atoms with Crippen molar-refractivity contribution in [3.8, 4) is 33.6 Å². The Kier molecular flexibility index (Phi) is 6.13. The molecule has 0 saturated carbocycles. The molecule has 0 radical (unpaired) electrons. The molecule has 2 heterocycles. The van der Waals surface area contributed by atoms with Crippen LogP contribution in [0.3, 0.4) is 0 Å². The Balaban J connectivity index is 1.32. The molecule has 0 N–H and O–H groups in total. The largest absolute Gasteiger partial charge is 0.245 e. The first-order valence-corrected chi connectivity index (χ1v) is 16.8. The van der Waals surface area contributed by atoms with E-state index in [0.717, 1.165) is 44.3 Å². The number of aromatic nitrogens is 2. The molecular weight excluding hydrogens is 593 g/mol. The Labute approximate surface area is 285 Å². The third kappa shape index (κ3) is 4.07. The average molecular weight is 623 g/mol. The van der Waals surface area contributed by atoms with Gasteiger partial charge in [-0.1, -0.05) is 164 Å². The van der Waals surface area contributed by atoms with E-state index in [1.165, 1.54) is 44.2 Å². The minimum Gasteiger partial charge on any atom is -0.245 e. The fourth-order valence-corrected chi connectivity index (χ4v) is 8.21. The third-order valence-electron chi connectivity index (χ3n) is 10.3. The second kappa shape index (κ2) is 10.8. The smallest absolute Gasteiger partial charge is 0.0972 e. The van der Waals surface area contributed by atoms with Crippen LogP contribution in [0, 0.1) is 0 Å². The van der Waals surface area contributed by atoms with Crippen LogP contribution >= 0.6 is 0 Å². The molecule has 0 bridgehead atoms. The van der Waals surface area contributed by atoms with E-state index in [2.05, 4.69) is 176 Å². The van der Waals surface area contributed by atoms with Gasteiger partial charge in [-0.15, -0.1) is 0 Å². The van der Waals surface area contributed by atoms with Crippen LogP contribution in [0.1, 0.15) is 22.3 Å². The summed E-state index contributed by atoms with van der Waals surface area (Å²) in [6, 6.07) is 65.6. The zero-order valence-electron chi connectivity index (χ0n) is 26.7. The van der Waals surface area contributed by atoms with Gasteiger partial charge in [-0.25, -0.2) is 9.97 Å². The van der Waals surface area contributed by atoms with Crippen molar-refractivity contribution in [2.24, 2.45) is 0 Å². The van der Waals surface area contributed by atoms with Gasteiger partial charge in [0.1, 0.15) is 0 Å². The van der Waals surface area contributed by atoms with E-state index in [0.29, 0.717) is 0 Å². The molecule has 0 saturated heterocycles. The molecule has 228 valence electrons. The summed E-state index contributed by atoms with van der Waals surface area (Å²) in [5, 5.41) is 4.61. The van der Waals surface area contributed by atoms with Crippen molar-refractivity contribution in [2.75, 3.05) is 0 Å². The van der Waals surface area contributed by atoms with Crippen LogP contribution in [0.4, 0.5) is 0 Å². The molecule has 10 rings (SSSR count). The Hall–Kier alpha value is -6.38. The summed E-state index contributed by atoms with van der Waals surface area (Å²) in [4.78, 5) is 10.7. The molecule has 0 fully saturated rings. The van der Waals surface area contributed by atoms with Crippen molar-refractivity contribution in [2.45, 2.75) is 5.41 Å². The number of benzene rings is 7. The molecule has 0 amide bonds. The van der Waals surface area contributed by atoms with Crippen molar-refractivity contribution in [1.29, 1.82) is 0 Å². The number of pyridine rings is 2. The van der Waals surface area contributed by atoms with Gasteiger partial charge in [0.15, 0.2) is 0 Å². The molecule has 0 aliphatic heterocycles. The molecule has 0 atom stereocenters. The summed E-state index contributed by atoms with van der Waals surface area (Å²) in [6.45, 7) is 0. The lowest BCUT2D eigenvalue weighted by Crippen LogP contribution is -2.28. The second-order valence-electron chi connectivity index (χ2n) is 12.9. The first kappa shape index (κ1) is 27.7. The van der Waals surface area contributed by atoms with Crippen LogP contribution in [0.25, 0.3) is 66.2 Å². The summed E-state index contributed by atoms with van der Waals surface area (Å²) in [5.41, 5.74) is 13.0. The molecule has 2 nitrogen and oxygen atoms in total. The van der Waals surface area contributed by atoms with E-state index in [1.54, 1.807) is 0 Å². The van der Waals surface area contributed by atoms with E-state index >= 15 is 0 Å². The molecule has 1 aliphatic rings. The minimum atomic E-state index is -0.514. The number of hydrogen-bond acceptors (Lipinski definition) is 2. The highest BCUT2D eigenvalue weighted by Gasteiger charge is 2.48. The third-order valence-corrected chi connectivity index (χ3v) is 10.3. The average Bonchev–Trinajstić information content (AvgIpc) is 3.50. The monoisotopic (exact) mass is 622 g/mol. The van der Waals surface area contributed by atoms with Crippen molar-refractivity contribution in [1.82, 2.24) is 9.97 Å². The number of rotatable bonds is 4. The van der Waals surface area contributed by atoms with Crippen molar-refractivity contribution in [3.63, 3.8) is 0 Å². The van der Waals surface area contributed by atoms with E-state index < -0.39 is 5.41 Å². The molecule has 0 spiro atoms. The van der Waals surface area contributed by atoms with E-state index in [-0.39, 0.29) is 0 Å².